The van der Waals surface area contributed by atoms with Crippen LogP contribution in [0.3, 0.4) is 0 Å². The van der Waals surface area contributed by atoms with Crippen LogP contribution in [0, 0.1) is 23.5 Å². The number of hydrogen-bond acceptors (Lipinski definition) is 8. The number of rotatable bonds is 6. The first-order valence-corrected chi connectivity index (χ1v) is 18.0. The molecular weight excluding hydrogens is 666 g/mol. The minimum absolute atomic E-state index is 0.241. The van der Waals surface area contributed by atoms with Crippen molar-refractivity contribution in [1.82, 2.24) is 50.2 Å². The van der Waals surface area contributed by atoms with Crippen molar-refractivity contribution in [1.29, 1.82) is 0 Å². The van der Waals surface area contributed by atoms with Crippen molar-refractivity contribution in [2.75, 3.05) is 19.6 Å². The standard InChI is InChI=1S/C17H14BrF2N5.C17H29N5/c18-12-4-1-3-11(9-12)10-24-7-8-25-17(21-22-23-25)16(24)13-5-2-6-14(19)15(13)20;1-3-7-14(8-4-1)13-21-11-12-22-17(18-19-20-22)16(21)15-9-5-2-6-10-15/h1-6,9,16H,7-8,10H2;14-16H,1-13H2. The fourth-order valence-electron chi connectivity index (χ4n) is 8.16. The van der Waals surface area contributed by atoms with E-state index in [2.05, 4.69) is 61.5 Å². The van der Waals surface area contributed by atoms with Crippen molar-refractivity contribution in [3.63, 3.8) is 0 Å². The predicted molar refractivity (Wildman–Crippen MR) is 176 cm³/mol. The van der Waals surface area contributed by atoms with E-state index in [9.17, 15) is 8.78 Å². The van der Waals surface area contributed by atoms with E-state index < -0.39 is 17.7 Å². The average molecular weight is 710 g/mol. The lowest BCUT2D eigenvalue weighted by Crippen LogP contribution is -2.45. The highest BCUT2D eigenvalue weighted by Gasteiger charge is 2.38. The van der Waals surface area contributed by atoms with Gasteiger partial charge in [0.15, 0.2) is 23.3 Å². The van der Waals surface area contributed by atoms with E-state index >= 15 is 0 Å². The van der Waals surface area contributed by atoms with Crippen LogP contribution < -0.4 is 0 Å². The molecule has 250 valence electrons. The summed E-state index contributed by atoms with van der Waals surface area (Å²) in [5, 5.41) is 24.3. The van der Waals surface area contributed by atoms with Crippen LogP contribution in [0.5, 0.6) is 0 Å². The van der Waals surface area contributed by atoms with Crippen molar-refractivity contribution in [3.8, 4) is 0 Å². The average Bonchev–Trinajstić information content (AvgIpc) is 3.78. The molecule has 0 amide bonds. The van der Waals surface area contributed by atoms with E-state index in [-0.39, 0.29) is 5.56 Å². The molecule has 13 heteroatoms. The Labute approximate surface area is 283 Å². The summed E-state index contributed by atoms with van der Waals surface area (Å²) in [6.45, 7) is 5.18. The monoisotopic (exact) mass is 708 g/mol. The topological polar surface area (TPSA) is 93.7 Å². The van der Waals surface area contributed by atoms with Crippen LogP contribution in [-0.2, 0) is 19.6 Å². The van der Waals surface area contributed by atoms with Gasteiger partial charge in [-0.25, -0.2) is 18.1 Å². The Balaban J connectivity index is 0.000000151. The zero-order valence-corrected chi connectivity index (χ0v) is 28.4. The first-order chi connectivity index (χ1) is 23.0. The Morgan fingerprint density at radius 2 is 1.38 bits per heavy atom. The Hall–Kier alpha value is -3.16. The summed E-state index contributed by atoms with van der Waals surface area (Å²) in [7, 11) is 0. The van der Waals surface area contributed by atoms with Crippen molar-refractivity contribution in [2.45, 2.75) is 95.9 Å². The number of tetrazole rings is 2. The van der Waals surface area contributed by atoms with Crippen molar-refractivity contribution < 1.29 is 8.78 Å². The summed E-state index contributed by atoms with van der Waals surface area (Å²) in [6, 6.07) is 12.1. The van der Waals surface area contributed by atoms with Crippen molar-refractivity contribution in [3.05, 3.63) is 81.3 Å². The third-order valence-electron chi connectivity index (χ3n) is 10.4. The summed E-state index contributed by atoms with van der Waals surface area (Å²) >= 11 is 3.46. The van der Waals surface area contributed by atoms with Crippen LogP contribution in [-0.4, -0.2) is 69.8 Å². The maximum atomic E-state index is 14.5. The zero-order valence-electron chi connectivity index (χ0n) is 26.8. The summed E-state index contributed by atoms with van der Waals surface area (Å²) in [4.78, 5) is 4.81. The van der Waals surface area contributed by atoms with E-state index in [1.807, 2.05) is 24.3 Å². The van der Waals surface area contributed by atoms with E-state index in [1.54, 1.807) is 10.7 Å². The maximum Gasteiger partial charge on any atom is 0.173 e. The van der Waals surface area contributed by atoms with Gasteiger partial charge in [-0.05, 0) is 82.1 Å². The fraction of sp³-hybridized carbons (Fsp3) is 0.588. The third kappa shape index (κ3) is 7.31. The van der Waals surface area contributed by atoms with Gasteiger partial charge in [-0.1, -0.05) is 78.7 Å². The second-order valence-corrected chi connectivity index (χ2v) is 14.4. The molecule has 4 aromatic rings. The van der Waals surface area contributed by atoms with Gasteiger partial charge in [0.05, 0.1) is 19.1 Å². The predicted octanol–water partition coefficient (Wildman–Crippen LogP) is 6.51. The lowest BCUT2D eigenvalue weighted by molar-refractivity contribution is 0.0589. The van der Waals surface area contributed by atoms with Gasteiger partial charge < -0.3 is 0 Å². The van der Waals surface area contributed by atoms with Gasteiger partial charge >= 0.3 is 0 Å². The van der Waals surface area contributed by atoms with Gasteiger partial charge in [0, 0.05) is 36.2 Å². The number of halogens is 3. The molecule has 4 heterocycles. The first-order valence-electron chi connectivity index (χ1n) is 17.2. The molecule has 0 saturated heterocycles. The summed E-state index contributed by atoms with van der Waals surface area (Å²) < 4.78 is 32.9. The molecule has 0 radical (unpaired) electrons. The highest BCUT2D eigenvalue weighted by atomic mass is 79.9. The summed E-state index contributed by atoms with van der Waals surface area (Å²) in [6.07, 6.45) is 14.1. The minimum atomic E-state index is -0.871. The molecule has 47 heavy (non-hydrogen) atoms. The van der Waals surface area contributed by atoms with Crippen LogP contribution in [0.2, 0.25) is 0 Å². The largest absolute Gasteiger partial charge is 0.291 e. The fourth-order valence-corrected chi connectivity index (χ4v) is 8.61. The van der Waals surface area contributed by atoms with E-state index in [0.717, 1.165) is 46.9 Å². The quantitative estimate of drug-likeness (QED) is 0.224. The molecule has 2 unspecified atom stereocenters. The molecular formula is C34H43BrF2N10. The number of aromatic nitrogens is 8. The van der Waals surface area contributed by atoms with Crippen LogP contribution >= 0.6 is 15.9 Å². The van der Waals surface area contributed by atoms with Crippen LogP contribution in [0.1, 0.15) is 99.1 Å². The second-order valence-electron chi connectivity index (χ2n) is 13.5. The lowest BCUT2D eigenvalue weighted by atomic mass is 9.81. The van der Waals surface area contributed by atoms with Crippen LogP contribution in [0.4, 0.5) is 8.78 Å². The van der Waals surface area contributed by atoms with Gasteiger partial charge in [-0.15, -0.1) is 10.2 Å². The van der Waals surface area contributed by atoms with Gasteiger partial charge in [-0.3, -0.25) is 9.80 Å². The normalized spacial score (nSPS) is 22.7. The summed E-state index contributed by atoms with van der Waals surface area (Å²) in [5.41, 5.74) is 1.31. The Morgan fingerprint density at radius 3 is 2.13 bits per heavy atom. The number of fused-ring (bicyclic) bond motifs is 2. The molecule has 2 saturated carbocycles. The molecule has 2 aromatic heterocycles. The van der Waals surface area contributed by atoms with E-state index in [1.165, 1.54) is 76.8 Å². The number of benzene rings is 2. The molecule has 0 bridgehead atoms. The molecule has 0 N–H and O–H groups in total. The van der Waals surface area contributed by atoms with E-state index in [4.69, 9.17) is 0 Å². The molecule has 2 aliphatic carbocycles. The molecule has 10 nitrogen and oxygen atoms in total. The SMILES string of the molecule is C1CCC(CN2CCn3nnnc3C2C2CCCCC2)CC1.Fc1cccc(C2c3nnnn3CCN2Cc2cccc(Br)c2)c1F. The van der Waals surface area contributed by atoms with Crippen LogP contribution in [0.15, 0.2) is 46.9 Å². The van der Waals surface area contributed by atoms with Crippen LogP contribution in [0.25, 0.3) is 0 Å². The maximum absolute atomic E-state index is 14.5. The highest BCUT2D eigenvalue weighted by Crippen LogP contribution is 2.40. The molecule has 4 aliphatic rings. The Kier molecular flexibility index (Phi) is 10.3. The third-order valence-corrected chi connectivity index (χ3v) is 10.9. The van der Waals surface area contributed by atoms with Crippen molar-refractivity contribution >= 4 is 15.9 Å². The number of nitrogens with zero attached hydrogens (tertiary/aromatic N) is 10. The van der Waals surface area contributed by atoms with Gasteiger partial charge in [0.25, 0.3) is 0 Å². The second kappa shape index (κ2) is 14.9. The molecule has 0 spiro atoms. The zero-order chi connectivity index (χ0) is 32.2. The lowest BCUT2D eigenvalue weighted by Gasteiger charge is -2.42. The van der Waals surface area contributed by atoms with Gasteiger partial charge in [-0.2, -0.15) is 0 Å². The van der Waals surface area contributed by atoms with Gasteiger partial charge in [0.1, 0.15) is 6.04 Å². The Bertz CT molecular complexity index is 1620. The Morgan fingerprint density at radius 1 is 0.723 bits per heavy atom. The minimum Gasteiger partial charge on any atom is -0.291 e. The first kappa shape index (κ1) is 32.4. The highest BCUT2D eigenvalue weighted by molar-refractivity contribution is 9.10. The molecule has 2 aromatic carbocycles. The van der Waals surface area contributed by atoms with Crippen molar-refractivity contribution in [2.24, 2.45) is 11.8 Å². The molecule has 2 aliphatic heterocycles. The van der Waals surface area contributed by atoms with E-state index in [0.29, 0.717) is 31.5 Å². The van der Waals surface area contributed by atoms with Gasteiger partial charge in [0.2, 0.25) is 0 Å². The number of hydrogen-bond donors (Lipinski definition) is 0. The smallest absolute Gasteiger partial charge is 0.173 e. The molecule has 2 fully saturated rings. The molecule has 2 atom stereocenters. The summed E-state index contributed by atoms with van der Waals surface area (Å²) in [5.74, 6) is 1.61. The molecule has 8 rings (SSSR count).